The van der Waals surface area contributed by atoms with Gasteiger partial charge in [0.1, 0.15) is 5.75 Å². The summed E-state index contributed by atoms with van der Waals surface area (Å²) in [5.74, 6) is 0.665. The van der Waals surface area contributed by atoms with Crippen molar-refractivity contribution in [1.29, 1.82) is 0 Å². The first-order chi connectivity index (χ1) is 16.7. The van der Waals surface area contributed by atoms with Crippen LogP contribution in [0.3, 0.4) is 0 Å². The molecule has 0 saturated carbocycles. The number of aromatic nitrogens is 3. The van der Waals surface area contributed by atoms with Crippen molar-refractivity contribution >= 4 is 35.0 Å². The summed E-state index contributed by atoms with van der Waals surface area (Å²) in [5.41, 5.74) is 1.29. The Morgan fingerprint density at radius 1 is 1.20 bits per heavy atom. The molecule has 1 atom stereocenters. The Hall–Kier alpha value is -3.93. The molecule has 2 N–H and O–H groups in total. The monoisotopic (exact) mass is 498 g/mol. The van der Waals surface area contributed by atoms with Crippen molar-refractivity contribution in [2.75, 3.05) is 18.2 Å². The maximum atomic E-state index is 12.6. The molecule has 0 saturated heterocycles. The average Bonchev–Trinajstić information content (AvgIpc) is 3.27. The Bertz CT molecular complexity index is 1230. The van der Waals surface area contributed by atoms with E-state index in [-0.39, 0.29) is 23.3 Å². The second kappa shape index (κ2) is 11.5. The van der Waals surface area contributed by atoms with Crippen molar-refractivity contribution in [3.05, 3.63) is 69.5 Å². The molecule has 0 bridgehead atoms. The summed E-state index contributed by atoms with van der Waals surface area (Å²) in [7, 11) is 1.56. The molecule has 0 aliphatic carbocycles. The highest BCUT2D eigenvalue weighted by Crippen LogP contribution is 2.24. The summed E-state index contributed by atoms with van der Waals surface area (Å²) in [6.07, 6.45) is 0. The number of carbonyl (C=O) groups excluding carboxylic acids is 2. The van der Waals surface area contributed by atoms with Gasteiger partial charge in [0.05, 0.1) is 23.8 Å². The Morgan fingerprint density at radius 2 is 1.91 bits per heavy atom. The third-order valence-electron chi connectivity index (χ3n) is 5.17. The number of ether oxygens (including phenoxy) is 1. The number of nitro groups is 1. The first kappa shape index (κ1) is 25.7. The highest BCUT2D eigenvalue weighted by atomic mass is 32.2. The second-order valence-corrected chi connectivity index (χ2v) is 8.55. The number of nitrogens with one attached hydrogen (secondary N) is 2. The molecule has 0 radical (unpaired) electrons. The number of nitrogens with zero attached hydrogens (tertiary/aromatic N) is 4. The molecule has 12 heteroatoms. The van der Waals surface area contributed by atoms with Gasteiger partial charge in [0.25, 0.3) is 11.6 Å². The molecule has 0 aliphatic rings. The molecule has 184 valence electrons. The minimum atomic E-state index is -0.487. The molecule has 1 heterocycles. The van der Waals surface area contributed by atoms with E-state index in [4.69, 9.17) is 4.74 Å². The number of anilines is 1. The molecule has 2 amide bonds. The van der Waals surface area contributed by atoms with Gasteiger partial charge in [-0.2, -0.15) is 0 Å². The van der Waals surface area contributed by atoms with E-state index in [1.807, 2.05) is 18.4 Å². The summed E-state index contributed by atoms with van der Waals surface area (Å²) in [6, 6.07) is 10.9. The van der Waals surface area contributed by atoms with Crippen LogP contribution < -0.4 is 15.4 Å². The normalized spacial score (nSPS) is 11.5. The van der Waals surface area contributed by atoms with Gasteiger partial charge in [-0.05, 0) is 51.1 Å². The average molecular weight is 499 g/mol. The summed E-state index contributed by atoms with van der Waals surface area (Å²) in [6.45, 7) is 5.90. The van der Waals surface area contributed by atoms with E-state index in [1.165, 1.54) is 17.8 Å². The van der Waals surface area contributed by atoms with Crippen LogP contribution >= 0.6 is 11.8 Å². The van der Waals surface area contributed by atoms with Crippen LogP contribution in [0.25, 0.3) is 0 Å². The lowest BCUT2D eigenvalue weighted by Crippen LogP contribution is -2.28. The maximum Gasteiger partial charge on any atom is 0.274 e. The number of carbonyl (C=O) groups is 2. The summed E-state index contributed by atoms with van der Waals surface area (Å²) >= 11 is 1.19. The fourth-order valence-electron chi connectivity index (χ4n) is 3.32. The number of thioether (sulfide) groups is 1. The lowest BCUT2D eigenvalue weighted by molar-refractivity contribution is -0.385. The van der Waals surface area contributed by atoms with E-state index in [0.29, 0.717) is 40.1 Å². The third-order valence-corrected chi connectivity index (χ3v) is 6.14. The van der Waals surface area contributed by atoms with Crippen LogP contribution in [0.15, 0.2) is 47.6 Å². The molecule has 1 aromatic heterocycles. The van der Waals surface area contributed by atoms with Crippen molar-refractivity contribution in [3.63, 3.8) is 0 Å². The molecular formula is C23H26N6O5S. The molecule has 1 unspecified atom stereocenters. The van der Waals surface area contributed by atoms with E-state index in [9.17, 15) is 19.7 Å². The zero-order chi connectivity index (χ0) is 25.5. The maximum absolute atomic E-state index is 12.6. The Balaban J connectivity index is 1.62. The minimum Gasteiger partial charge on any atom is -0.497 e. The Kier molecular flexibility index (Phi) is 8.42. The van der Waals surface area contributed by atoms with E-state index >= 15 is 0 Å². The third kappa shape index (κ3) is 6.35. The predicted octanol–water partition coefficient (Wildman–Crippen LogP) is 3.75. The number of benzene rings is 2. The Labute approximate surface area is 206 Å². The van der Waals surface area contributed by atoms with Gasteiger partial charge in [0.15, 0.2) is 11.0 Å². The van der Waals surface area contributed by atoms with Crippen LogP contribution in [0.2, 0.25) is 0 Å². The highest BCUT2D eigenvalue weighted by molar-refractivity contribution is 7.99. The Morgan fingerprint density at radius 3 is 2.54 bits per heavy atom. The van der Waals surface area contributed by atoms with Gasteiger partial charge in [0.2, 0.25) is 5.91 Å². The summed E-state index contributed by atoms with van der Waals surface area (Å²) in [5, 5.41) is 25.6. The van der Waals surface area contributed by atoms with Crippen molar-refractivity contribution < 1.29 is 19.2 Å². The van der Waals surface area contributed by atoms with Gasteiger partial charge in [-0.15, -0.1) is 10.2 Å². The molecule has 35 heavy (non-hydrogen) atoms. The summed E-state index contributed by atoms with van der Waals surface area (Å²) in [4.78, 5) is 35.6. The number of hydrogen-bond donors (Lipinski definition) is 2. The zero-order valence-corrected chi connectivity index (χ0v) is 20.6. The number of aryl methyl sites for hydroxylation is 1. The van der Waals surface area contributed by atoms with Crippen molar-refractivity contribution in [2.24, 2.45) is 0 Å². The molecule has 2 aromatic carbocycles. The van der Waals surface area contributed by atoms with Crippen LogP contribution in [-0.4, -0.2) is 44.4 Å². The molecule has 11 nitrogen and oxygen atoms in total. The highest BCUT2D eigenvalue weighted by Gasteiger charge is 2.20. The van der Waals surface area contributed by atoms with E-state index in [1.54, 1.807) is 50.4 Å². The standard InChI is InChI=1S/C23H26N6O5S/c1-5-28-21(15(3)24-22(31)16-7-10-18(34-4)11-8-16)26-27-23(28)35-13-20(30)25-17-9-6-14(2)19(12-17)29(32)33/h6-12,15H,5,13H2,1-4H3,(H,24,31)(H,25,30). The fraction of sp³-hybridized carbons (Fsp3) is 0.304. The second-order valence-electron chi connectivity index (χ2n) is 7.60. The van der Waals surface area contributed by atoms with Gasteiger partial charge < -0.3 is 19.9 Å². The molecule has 3 aromatic rings. The lowest BCUT2D eigenvalue weighted by Gasteiger charge is -2.15. The van der Waals surface area contributed by atoms with Crippen LogP contribution in [0.1, 0.15) is 41.6 Å². The predicted molar refractivity (Wildman–Crippen MR) is 132 cm³/mol. The number of hydrogen-bond acceptors (Lipinski definition) is 8. The minimum absolute atomic E-state index is 0.0341. The summed E-state index contributed by atoms with van der Waals surface area (Å²) < 4.78 is 6.94. The van der Waals surface area contributed by atoms with Gasteiger partial charge >= 0.3 is 0 Å². The van der Waals surface area contributed by atoms with Gasteiger partial charge in [0, 0.05) is 29.4 Å². The zero-order valence-electron chi connectivity index (χ0n) is 19.8. The first-order valence-electron chi connectivity index (χ1n) is 10.8. The molecule has 0 spiro atoms. The van der Waals surface area contributed by atoms with E-state index in [0.717, 1.165) is 0 Å². The number of amides is 2. The van der Waals surface area contributed by atoms with Crippen molar-refractivity contribution in [2.45, 2.75) is 38.5 Å². The molecule has 0 aliphatic heterocycles. The van der Waals surface area contributed by atoms with Crippen LogP contribution in [0.5, 0.6) is 5.75 Å². The van der Waals surface area contributed by atoms with E-state index < -0.39 is 11.0 Å². The smallest absolute Gasteiger partial charge is 0.274 e. The fourth-order valence-corrected chi connectivity index (χ4v) is 4.13. The largest absolute Gasteiger partial charge is 0.497 e. The van der Waals surface area contributed by atoms with Crippen LogP contribution in [0, 0.1) is 17.0 Å². The molecule has 0 fully saturated rings. The molecular weight excluding hydrogens is 472 g/mol. The first-order valence-corrected chi connectivity index (χ1v) is 11.8. The number of nitro benzene ring substituents is 1. The SMILES string of the molecule is CCn1c(SCC(=O)Nc2ccc(C)c([N+](=O)[O-])c2)nnc1C(C)NC(=O)c1ccc(OC)cc1. The lowest BCUT2D eigenvalue weighted by atomic mass is 10.2. The molecule has 3 rings (SSSR count). The topological polar surface area (TPSA) is 141 Å². The quantitative estimate of drug-likeness (QED) is 0.245. The van der Waals surface area contributed by atoms with Crippen molar-refractivity contribution in [1.82, 2.24) is 20.1 Å². The van der Waals surface area contributed by atoms with Crippen LogP contribution in [-0.2, 0) is 11.3 Å². The van der Waals surface area contributed by atoms with Gasteiger partial charge in [-0.25, -0.2) is 0 Å². The van der Waals surface area contributed by atoms with E-state index in [2.05, 4.69) is 20.8 Å². The van der Waals surface area contributed by atoms with Crippen LogP contribution in [0.4, 0.5) is 11.4 Å². The van der Waals surface area contributed by atoms with Crippen molar-refractivity contribution in [3.8, 4) is 5.75 Å². The van der Waals surface area contributed by atoms with Gasteiger partial charge in [-0.1, -0.05) is 17.8 Å². The number of rotatable bonds is 10. The number of methoxy groups -OCH3 is 1. The van der Waals surface area contributed by atoms with Gasteiger partial charge in [-0.3, -0.25) is 19.7 Å².